The Morgan fingerprint density at radius 2 is 2.00 bits per heavy atom. The van der Waals surface area contributed by atoms with Crippen LogP contribution in [0.15, 0.2) is 30.3 Å². The highest BCUT2D eigenvalue weighted by molar-refractivity contribution is 5.77. The maximum atomic E-state index is 11.2. The molecule has 14 heavy (non-hydrogen) atoms. The van der Waals surface area contributed by atoms with Crippen molar-refractivity contribution in [3.05, 3.63) is 35.9 Å². The summed E-state index contributed by atoms with van der Waals surface area (Å²) in [5.74, 6) is 0.233. The molecule has 0 unspecified atom stereocenters. The van der Waals surface area contributed by atoms with Gasteiger partial charge in [0.2, 0.25) is 0 Å². The first-order valence-electron chi connectivity index (χ1n) is 4.86. The largest absolute Gasteiger partial charge is 0.379 e. The molecular formula is C12H14O2. The number of carbonyl (C=O) groups is 1. The molecule has 0 amide bonds. The summed E-state index contributed by atoms with van der Waals surface area (Å²) in [6, 6.07) is 10.2. The number of hydrogen-bond acceptors (Lipinski definition) is 2. The molecule has 74 valence electrons. The maximum absolute atomic E-state index is 11.2. The van der Waals surface area contributed by atoms with Crippen LogP contribution in [0.5, 0.6) is 0 Å². The van der Waals surface area contributed by atoms with Crippen LogP contribution < -0.4 is 0 Å². The molecule has 1 fully saturated rings. The molecule has 2 heteroatoms. The molecule has 2 nitrogen and oxygen atoms in total. The lowest BCUT2D eigenvalue weighted by molar-refractivity contribution is -0.125. The quantitative estimate of drug-likeness (QED) is 0.728. The highest BCUT2D eigenvalue weighted by Crippen LogP contribution is 2.35. The Morgan fingerprint density at radius 3 is 2.43 bits per heavy atom. The Hall–Kier alpha value is -1.15. The molecule has 2 rings (SSSR count). The zero-order valence-electron chi connectivity index (χ0n) is 8.32. The third kappa shape index (κ3) is 1.58. The van der Waals surface area contributed by atoms with Crippen LogP contribution in [0.25, 0.3) is 0 Å². The molecule has 0 atom stereocenters. The Kier molecular flexibility index (Phi) is 2.38. The lowest BCUT2D eigenvalue weighted by Crippen LogP contribution is -2.47. The van der Waals surface area contributed by atoms with Gasteiger partial charge in [-0.05, 0) is 12.5 Å². The van der Waals surface area contributed by atoms with Gasteiger partial charge >= 0.3 is 0 Å². The molecule has 0 radical (unpaired) electrons. The summed E-state index contributed by atoms with van der Waals surface area (Å²) >= 11 is 0. The highest BCUT2D eigenvalue weighted by atomic mass is 16.5. The normalized spacial score (nSPS) is 18.6. The summed E-state index contributed by atoms with van der Waals surface area (Å²) in [6.07, 6.45) is 0.594. The zero-order chi connectivity index (χ0) is 10.0. The van der Waals surface area contributed by atoms with Crippen molar-refractivity contribution in [1.29, 1.82) is 0 Å². The predicted octanol–water partition coefficient (Wildman–Crippen LogP) is 1.93. The van der Waals surface area contributed by atoms with Crippen LogP contribution >= 0.6 is 0 Å². The van der Waals surface area contributed by atoms with Gasteiger partial charge in [0, 0.05) is 11.8 Å². The standard InChI is InChI=1S/C12H14O2/c1-10(13)7-12(8-14-9-12)11-5-3-2-4-6-11/h2-6H,7-9H2,1H3. The fraction of sp³-hybridized carbons (Fsp3) is 0.417. The molecule has 1 saturated heterocycles. The van der Waals surface area contributed by atoms with Gasteiger partial charge in [-0.15, -0.1) is 0 Å². The van der Waals surface area contributed by atoms with Gasteiger partial charge in [-0.1, -0.05) is 30.3 Å². The van der Waals surface area contributed by atoms with Crippen LogP contribution in [0, 0.1) is 0 Å². The van der Waals surface area contributed by atoms with Crippen LogP contribution in [0.3, 0.4) is 0 Å². The van der Waals surface area contributed by atoms with Gasteiger partial charge in [-0.25, -0.2) is 0 Å². The van der Waals surface area contributed by atoms with Crippen LogP contribution in [-0.2, 0) is 14.9 Å². The summed E-state index contributed by atoms with van der Waals surface area (Å²) in [5, 5.41) is 0. The molecule has 0 aromatic heterocycles. The van der Waals surface area contributed by atoms with Gasteiger partial charge in [-0.2, -0.15) is 0 Å². The number of ether oxygens (including phenoxy) is 1. The Morgan fingerprint density at radius 1 is 1.36 bits per heavy atom. The topological polar surface area (TPSA) is 26.3 Å². The first-order chi connectivity index (χ1) is 6.73. The Bertz CT molecular complexity index is 325. The number of hydrogen-bond donors (Lipinski definition) is 0. The molecule has 1 aliphatic heterocycles. The van der Waals surface area contributed by atoms with Gasteiger partial charge in [0.05, 0.1) is 13.2 Å². The van der Waals surface area contributed by atoms with Gasteiger partial charge in [0.15, 0.2) is 0 Å². The minimum atomic E-state index is -0.0346. The van der Waals surface area contributed by atoms with Gasteiger partial charge in [0.25, 0.3) is 0 Å². The van der Waals surface area contributed by atoms with E-state index < -0.39 is 0 Å². The molecule has 1 aromatic carbocycles. The van der Waals surface area contributed by atoms with E-state index in [1.165, 1.54) is 5.56 Å². The summed E-state index contributed by atoms with van der Waals surface area (Å²) in [6.45, 7) is 3.00. The second-order valence-electron chi connectivity index (χ2n) is 4.02. The van der Waals surface area contributed by atoms with E-state index in [-0.39, 0.29) is 11.2 Å². The average molecular weight is 190 g/mol. The van der Waals surface area contributed by atoms with Crippen LogP contribution in [0.2, 0.25) is 0 Å². The van der Waals surface area contributed by atoms with E-state index in [0.29, 0.717) is 19.6 Å². The number of Topliss-reactive ketones (excluding diaryl/α,β-unsaturated/α-hetero) is 1. The second-order valence-corrected chi connectivity index (χ2v) is 4.02. The third-order valence-electron chi connectivity index (χ3n) is 2.73. The van der Waals surface area contributed by atoms with Crippen LogP contribution in [0.1, 0.15) is 18.9 Å². The highest BCUT2D eigenvalue weighted by Gasteiger charge is 2.40. The first-order valence-corrected chi connectivity index (χ1v) is 4.86. The van der Waals surface area contributed by atoms with Crippen molar-refractivity contribution in [3.8, 4) is 0 Å². The maximum Gasteiger partial charge on any atom is 0.130 e. The molecule has 1 aromatic rings. The Labute approximate surface area is 83.9 Å². The number of carbonyl (C=O) groups excluding carboxylic acids is 1. The number of ketones is 1. The lowest BCUT2D eigenvalue weighted by Gasteiger charge is -2.41. The summed E-state index contributed by atoms with van der Waals surface area (Å²) in [5.41, 5.74) is 1.19. The van der Waals surface area contributed by atoms with E-state index >= 15 is 0 Å². The predicted molar refractivity (Wildman–Crippen MR) is 54.2 cm³/mol. The van der Waals surface area contributed by atoms with Crippen molar-refractivity contribution < 1.29 is 9.53 Å². The van der Waals surface area contributed by atoms with Crippen molar-refractivity contribution in [2.24, 2.45) is 0 Å². The third-order valence-corrected chi connectivity index (χ3v) is 2.73. The number of benzene rings is 1. The van der Waals surface area contributed by atoms with E-state index in [4.69, 9.17) is 4.74 Å². The molecule has 0 N–H and O–H groups in total. The first kappa shape index (κ1) is 9.41. The Balaban J connectivity index is 2.25. The van der Waals surface area contributed by atoms with Crippen molar-refractivity contribution in [2.75, 3.05) is 13.2 Å². The average Bonchev–Trinajstić information content (AvgIpc) is 2.12. The van der Waals surface area contributed by atoms with Crippen molar-refractivity contribution in [2.45, 2.75) is 18.8 Å². The second kappa shape index (κ2) is 3.54. The summed E-state index contributed by atoms with van der Waals surface area (Å²) in [4.78, 5) is 11.2. The van der Waals surface area contributed by atoms with Gasteiger partial charge in [0.1, 0.15) is 5.78 Å². The van der Waals surface area contributed by atoms with E-state index in [9.17, 15) is 4.79 Å². The SMILES string of the molecule is CC(=O)CC1(c2ccccc2)COC1. The lowest BCUT2D eigenvalue weighted by atomic mass is 9.75. The van der Waals surface area contributed by atoms with Gasteiger partial charge in [-0.3, -0.25) is 4.79 Å². The van der Waals surface area contributed by atoms with E-state index in [1.807, 2.05) is 18.2 Å². The van der Waals surface area contributed by atoms with Gasteiger partial charge < -0.3 is 4.74 Å². The minimum Gasteiger partial charge on any atom is -0.379 e. The zero-order valence-corrected chi connectivity index (χ0v) is 8.32. The molecule has 1 heterocycles. The fourth-order valence-corrected chi connectivity index (χ4v) is 1.99. The molecule has 0 saturated carbocycles. The van der Waals surface area contributed by atoms with E-state index in [2.05, 4.69) is 12.1 Å². The monoisotopic (exact) mass is 190 g/mol. The van der Waals surface area contributed by atoms with Crippen LogP contribution in [0.4, 0.5) is 0 Å². The van der Waals surface area contributed by atoms with Crippen molar-refractivity contribution >= 4 is 5.78 Å². The molecule has 0 spiro atoms. The smallest absolute Gasteiger partial charge is 0.130 e. The van der Waals surface area contributed by atoms with E-state index in [1.54, 1.807) is 6.92 Å². The molecule has 0 aliphatic carbocycles. The summed E-state index contributed by atoms with van der Waals surface area (Å²) < 4.78 is 5.24. The van der Waals surface area contributed by atoms with E-state index in [0.717, 1.165) is 0 Å². The van der Waals surface area contributed by atoms with Crippen LogP contribution in [-0.4, -0.2) is 19.0 Å². The minimum absolute atomic E-state index is 0.0346. The molecular weight excluding hydrogens is 176 g/mol. The molecule has 0 bridgehead atoms. The van der Waals surface area contributed by atoms with Crippen molar-refractivity contribution in [3.63, 3.8) is 0 Å². The fourth-order valence-electron chi connectivity index (χ4n) is 1.99. The summed E-state index contributed by atoms with van der Waals surface area (Å²) in [7, 11) is 0. The molecule has 1 aliphatic rings. The number of rotatable bonds is 3. The van der Waals surface area contributed by atoms with Crippen molar-refractivity contribution in [1.82, 2.24) is 0 Å².